The van der Waals surface area contributed by atoms with E-state index in [0.29, 0.717) is 18.7 Å². The summed E-state index contributed by atoms with van der Waals surface area (Å²) in [5.74, 6) is 0. The molecule has 1 atom stereocenters. The molecule has 23 heavy (non-hydrogen) atoms. The van der Waals surface area contributed by atoms with Crippen molar-refractivity contribution in [2.24, 2.45) is 0 Å². The Kier molecular flexibility index (Phi) is 4.55. The fraction of sp³-hybridized carbons (Fsp3) is 0.211. The summed E-state index contributed by atoms with van der Waals surface area (Å²) < 4.78 is 0. The van der Waals surface area contributed by atoms with Crippen LogP contribution in [-0.4, -0.2) is 16.6 Å². The molecule has 1 heterocycles. The van der Waals surface area contributed by atoms with Crippen molar-refractivity contribution in [3.05, 3.63) is 81.6 Å². The standard InChI is InChI=1S/C19H20N2O2/c1-13-7-8-15-10-16(19(23)21-17(15)9-13)11-20-12-18(22)14-5-3-2-4-6-14/h2-10,18,20,22H,11-12H2,1H3,(H,21,23)/t18-/m1/s1. The average Bonchev–Trinajstić information content (AvgIpc) is 2.56. The third-order valence-electron chi connectivity index (χ3n) is 3.92. The largest absolute Gasteiger partial charge is 0.387 e. The van der Waals surface area contributed by atoms with E-state index in [-0.39, 0.29) is 5.56 Å². The molecule has 118 valence electrons. The van der Waals surface area contributed by atoms with Gasteiger partial charge in [0.05, 0.1) is 6.10 Å². The number of benzene rings is 2. The van der Waals surface area contributed by atoms with Crippen molar-refractivity contribution in [2.45, 2.75) is 19.6 Å². The van der Waals surface area contributed by atoms with Crippen molar-refractivity contribution in [3.63, 3.8) is 0 Å². The van der Waals surface area contributed by atoms with Gasteiger partial charge in [-0.3, -0.25) is 4.79 Å². The number of aromatic amines is 1. The zero-order valence-electron chi connectivity index (χ0n) is 13.0. The van der Waals surface area contributed by atoms with Gasteiger partial charge in [-0.25, -0.2) is 0 Å². The molecule has 3 N–H and O–H groups in total. The minimum atomic E-state index is -0.585. The third kappa shape index (κ3) is 3.67. The van der Waals surface area contributed by atoms with Crippen LogP contribution in [0.2, 0.25) is 0 Å². The summed E-state index contributed by atoms with van der Waals surface area (Å²) >= 11 is 0. The van der Waals surface area contributed by atoms with E-state index in [1.165, 1.54) is 0 Å². The molecule has 0 spiro atoms. The molecule has 3 rings (SSSR count). The highest BCUT2D eigenvalue weighted by molar-refractivity contribution is 5.79. The summed E-state index contributed by atoms with van der Waals surface area (Å²) in [5, 5.41) is 14.3. The molecule has 0 amide bonds. The molecular formula is C19H20N2O2. The van der Waals surface area contributed by atoms with E-state index >= 15 is 0 Å². The smallest absolute Gasteiger partial charge is 0.252 e. The molecule has 0 saturated carbocycles. The normalized spacial score (nSPS) is 12.4. The van der Waals surface area contributed by atoms with E-state index in [9.17, 15) is 9.90 Å². The van der Waals surface area contributed by atoms with Gasteiger partial charge in [-0.1, -0.05) is 42.5 Å². The van der Waals surface area contributed by atoms with E-state index in [2.05, 4.69) is 10.3 Å². The molecule has 0 aliphatic rings. The Balaban J connectivity index is 1.69. The maximum atomic E-state index is 12.1. The Morgan fingerprint density at radius 1 is 1.13 bits per heavy atom. The summed E-state index contributed by atoms with van der Waals surface area (Å²) in [6.07, 6.45) is -0.585. The number of H-pyrrole nitrogens is 1. The molecule has 0 bridgehead atoms. The van der Waals surface area contributed by atoms with Gasteiger partial charge in [0.2, 0.25) is 0 Å². The van der Waals surface area contributed by atoms with Crippen LogP contribution in [-0.2, 0) is 6.54 Å². The Morgan fingerprint density at radius 3 is 2.70 bits per heavy atom. The molecule has 0 radical (unpaired) electrons. The zero-order chi connectivity index (χ0) is 16.2. The summed E-state index contributed by atoms with van der Waals surface area (Å²) in [4.78, 5) is 15.0. The second-order valence-corrected chi connectivity index (χ2v) is 5.77. The van der Waals surface area contributed by atoms with Gasteiger partial charge in [-0.15, -0.1) is 0 Å². The van der Waals surface area contributed by atoms with Gasteiger partial charge in [0, 0.05) is 24.2 Å². The topological polar surface area (TPSA) is 65.1 Å². The van der Waals surface area contributed by atoms with Crippen LogP contribution < -0.4 is 10.9 Å². The molecule has 2 aromatic carbocycles. The molecule has 1 aromatic heterocycles. The van der Waals surface area contributed by atoms with Gasteiger partial charge in [-0.05, 0) is 35.6 Å². The van der Waals surface area contributed by atoms with E-state index in [1.54, 1.807) is 0 Å². The number of pyridine rings is 1. The van der Waals surface area contributed by atoms with Gasteiger partial charge >= 0.3 is 0 Å². The number of hydrogen-bond donors (Lipinski definition) is 3. The third-order valence-corrected chi connectivity index (χ3v) is 3.92. The van der Waals surface area contributed by atoms with Crippen molar-refractivity contribution < 1.29 is 5.11 Å². The lowest BCUT2D eigenvalue weighted by Crippen LogP contribution is -2.25. The molecule has 3 aromatic rings. The molecule has 4 nitrogen and oxygen atoms in total. The van der Waals surface area contributed by atoms with E-state index in [1.807, 2.05) is 61.5 Å². The summed E-state index contributed by atoms with van der Waals surface area (Å²) in [6, 6.07) is 17.4. The van der Waals surface area contributed by atoms with Crippen molar-refractivity contribution >= 4 is 10.9 Å². The van der Waals surface area contributed by atoms with Crippen molar-refractivity contribution in [3.8, 4) is 0 Å². The van der Waals surface area contributed by atoms with Crippen LogP contribution in [0.1, 0.15) is 22.8 Å². The Bertz CT molecular complexity index is 856. The predicted octanol–water partition coefficient (Wildman–Crippen LogP) is 2.66. The minimum absolute atomic E-state index is 0.0928. The first-order chi connectivity index (χ1) is 11.1. The highest BCUT2D eigenvalue weighted by Crippen LogP contribution is 2.14. The van der Waals surface area contributed by atoms with Gasteiger partial charge in [0.1, 0.15) is 0 Å². The number of rotatable bonds is 5. The van der Waals surface area contributed by atoms with Gasteiger partial charge in [-0.2, -0.15) is 0 Å². The van der Waals surface area contributed by atoms with Crippen LogP contribution in [0.3, 0.4) is 0 Å². The first-order valence-electron chi connectivity index (χ1n) is 7.70. The summed E-state index contributed by atoms with van der Waals surface area (Å²) in [7, 11) is 0. The number of fused-ring (bicyclic) bond motifs is 1. The fourth-order valence-electron chi connectivity index (χ4n) is 2.63. The molecular weight excluding hydrogens is 288 g/mol. The lowest BCUT2D eigenvalue weighted by Gasteiger charge is -2.12. The fourth-order valence-corrected chi connectivity index (χ4v) is 2.63. The highest BCUT2D eigenvalue weighted by atomic mass is 16.3. The second-order valence-electron chi connectivity index (χ2n) is 5.77. The van der Waals surface area contributed by atoms with Crippen LogP contribution in [0.25, 0.3) is 10.9 Å². The second kappa shape index (κ2) is 6.77. The van der Waals surface area contributed by atoms with Crippen molar-refractivity contribution in [2.75, 3.05) is 6.54 Å². The molecule has 0 fully saturated rings. The Hall–Kier alpha value is -2.43. The molecule has 0 aliphatic heterocycles. The van der Waals surface area contributed by atoms with E-state index in [4.69, 9.17) is 0 Å². The molecule has 4 heteroatoms. The van der Waals surface area contributed by atoms with Crippen LogP contribution in [0, 0.1) is 6.92 Å². The Morgan fingerprint density at radius 2 is 1.91 bits per heavy atom. The minimum Gasteiger partial charge on any atom is -0.387 e. The zero-order valence-corrected chi connectivity index (χ0v) is 13.0. The molecule has 0 saturated heterocycles. The van der Waals surface area contributed by atoms with E-state index in [0.717, 1.165) is 22.0 Å². The van der Waals surface area contributed by atoms with E-state index < -0.39 is 6.10 Å². The van der Waals surface area contributed by atoms with Crippen LogP contribution in [0.15, 0.2) is 59.4 Å². The van der Waals surface area contributed by atoms with Crippen LogP contribution in [0.4, 0.5) is 0 Å². The van der Waals surface area contributed by atoms with Crippen LogP contribution in [0.5, 0.6) is 0 Å². The maximum Gasteiger partial charge on any atom is 0.252 e. The monoisotopic (exact) mass is 308 g/mol. The lowest BCUT2D eigenvalue weighted by atomic mass is 10.1. The maximum absolute atomic E-state index is 12.1. The van der Waals surface area contributed by atoms with Gasteiger partial charge in [0.15, 0.2) is 0 Å². The number of aryl methyl sites for hydroxylation is 1. The van der Waals surface area contributed by atoms with Crippen molar-refractivity contribution in [1.82, 2.24) is 10.3 Å². The summed E-state index contributed by atoms with van der Waals surface area (Å²) in [6.45, 7) is 2.82. The number of hydrogen-bond acceptors (Lipinski definition) is 3. The first-order valence-corrected chi connectivity index (χ1v) is 7.70. The van der Waals surface area contributed by atoms with Crippen LogP contribution >= 0.6 is 0 Å². The number of nitrogens with one attached hydrogen (secondary N) is 2. The molecule has 0 unspecified atom stereocenters. The quantitative estimate of drug-likeness (QED) is 0.679. The van der Waals surface area contributed by atoms with Gasteiger partial charge < -0.3 is 15.4 Å². The first kappa shape index (κ1) is 15.5. The summed E-state index contributed by atoms with van der Waals surface area (Å²) in [5.41, 5.74) is 3.40. The predicted molar refractivity (Wildman–Crippen MR) is 92.4 cm³/mol. The SMILES string of the molecule is Cc1ccc2cc(CNC[C@@H](O)c3ccccc3)c(=O)[nH]c2c1. The van der Waals surface area contributed by atoms with Gasteiger partial charge in [0.25, 0.3) is 5.56 Å². The lowest BCUT2D eigenvalue weighted by molar-refractivity contribution is 0.174. The number of aromatic nitrogens is 1. The Labute approximate surface area is 134 Å². The number of aliphatic hydroxyl groups excluding tert-OH is 1. The highest BCUT2D eigenvalue weighted by Gasteiger charge is 2.07. The average molecular weight is 308 g/mol. The number of aliphatic hydroxyl groups is 1. The molecule has 0 aliphatic carbocycles. The van der Waals surface area contributed by atoms with Crippen molar-refractivity contribution in [1.29, 1.82) is 0 Å².